The van der Waals surface area contributed by atoms with Crippen LogP contribution in [0.4, 0.5) is 0 Å². The second-order valence-electron chi connectivity index (χ2n) is 6.15. The highest BCUT2D eigenvalue weighted by Crippen LogP contribution is 2.21. The van der Waals surface area contributed by atoms with Gasteiger partial charge in [0.1, 0.15) is 12.4 Å². The van der Waals surface area contributed by atoms with Crippen LogP contribution in [0, 0.1) is 18.3 Å². The summed E-state index contributed by atoms with van der Waals surface area (Å²) in [6.45, 7) is 2.31. The van der Waals surface area contributed by atoms with E-state index in [0.29, 0.717) is 13.0 Å². The Morgan fingerprint density at radius 1 is 1.15 bits per heavy atom. The van der Waals surface area contributed by atoms with Crippen LogP contribution in [0.2, 0.25) is 0 Å². The Bertz CT molecular complexity index is 1040. The van der Waals surface area contributed by atoms with Crippen molar-refractivity contribution in [1.29, 1.82) is 5.26 Å². The van der Waals surface area contributed by atoms with Gasteiger partial charge in [-0.2, -0.15) is 5.26 Å². The zero-order valence-corrected chi connectivity index (χ0v) is 15.6. The molecule has 7 nitrogen and oxygen atoms in total. The van der Waals surface area contributed by atoms with Crippen LogP contribution in [-0.4, -0.2) is 23.2 Å². The predicted octanol–water partition coefficient (Wildman–Crippen LogP) is 2.57. The second-order valence-corrected chi connectivity index (χ2v) is 7.86. The normalized spacial score (nSPS) is 12.4. The molecular formula is C19H19N5O2S. The number of nitrogens with zero attached hydrogens (tertiary/aromatic N) is 4. The molecule has 27 heavy (non-hydrogen) atoms. The van der Waals surface area contributed by atoms with Gasteiger partial charge in [0.05, 0.1) is 4.90 Å². The first kappa shape index (κ1) is 18.8. The minimum Gasteiger partial charge on any atom is -0.305 e. The topological polar surface area (TPSA) is 101 Å². The summed E-state index contributed by atoms with van der Waals surface area (Å²) >= 11 is 0. The Kier molecular flexibility index (Phi) is 5.64. The number of nitrogens with one attached hydrogen (secondary N) is 1. The lowest BCUT2D eigenvalue weighted by Gasteiger charge is -2.20. The SMILES string of the molecule is Cc1ccc(S(=O)(=O)N[C@@H](CCn2cnnc2C#N)c2ccccc2)cc1. The third kappa shape index (κ3) is 4.58. The Balaban J connectivity index is 1.84. The molecule has 1 heterocycles. The lowest BCUT2D eigenvalue weighted by Crippen LogP contribution is -2.29. The fourth-order valence-electron chi connectivity index (χ4n) is 2.73. The molecule has 0 bridgehead atoms. The molecule has 0 unspecified atom stereocenters. The zero-order chi connectivity index (χ0) is 19.3. The molecule has 1 aromatic heterocycles. The van der Waals surface area contributed by atoms with Crippen molar-refractivity contribution in [2.75, 3.05) is 0 Å². The number of sulfonamides is 1. The van der Waals surface area contributed by atoms with Crippen molar-refractivity contribution < 1.29 is 8.42 Å². The van der Waals surface area contributed by atoms with Gasteiger partial charge in [0.15, 0.2) is 0 Å². The fourth-order valence-corrected chi connectivity index (χ4v) is 3.98. The highest BCUT2D eigenvalue weighted by atomic mass is 32.2. The number of rotatable bonds is 7. The van der Waals surface area contributed by atoms with Crippen molar-refractivity contribution >= 4 is 10.0 Å². The van der Waals surface area contributed by atoms with Gasteiger partial charge in [0.2, 0.25) is 15.8 Å². The minimum atomic E-state index is -3.69. The van der Waals surface area contributed by atoms with E-state index in [9.17, 15) is 8.42 Å². The molecule has 1 atom stereocenters. The van der Waals surface area contributed by atoms with Crippen molar-refractivity contribution in [3.05, 3.63) is 77.9 Å². The summed E-state index contributed by atoms with van der Waals surface area (Å²) in [6, 6.07) is 17.6. The summed E-state index contributed by atoms with van der Waals surface area (Å²) in [7, 11) is -3.69. The molecule has 0 aliphatic heterocycles. The third-order valence-electron chi connectivity index (χ3n) is 4.20. The van der Waals surface area contributed by atoms with Crippen molar-refractivity contribution in [3.8, 4) is 6.07 Å². The van der Waals surface area contributed by atoms with Gasteiger partial charge in [0.25, 0.3) is 0 Å². The van der Waals surface area contributed by atoms with E-state index in [1.54, 1.807) is 28.8 Å². The molecule has 0 radical (unpaired) electrons. The summed E-state index contributed by atoms with van der Waals surface area (Å²) in [5.74, 6) is 0.197. The lowest BCUT2D eigenvalue weighted by atomic mass is 10.1. The molecule has 0 amide bonds. The first-order chi connectivity index (χ1) is 13.0. The standard InChI is InChI=1S/C19H19N5O2S/c1-15-7-9-17(10-8-15)27(25,26)23-18(16-5-3-2-4-6-16)11-12-24-14-21-22-19(24)13-20/h2-10,14,18,23H,11-12H2,1H3/t18-/m0/s1. The number of hydrogen-bond acceptors (Lipinski definition) is 5. The fraction of sp³-hybridized carbons (Fsp3) is 0.211. The maximum Gasteiger partial charge on any atom is 0.241 e. The molecule has 0 spiro atoms. The number of hydrogen-bond donors (Lipinski definition) is 1. The summed E-state index contributed by atoms with van der Waals surface area (Å²) in [4.78, 5) is 0.219. The number of nitriles is 1. The summed E-state index contributed by atoms with van der Waals surface area (Å²) in [5, 5.41) is 16.5. The van der Waals surface area contributed by atoms with Crippen LogP contribution in [0.25, 0.3) is 0 Å². The van der Waals surface area contributed by atoms with E-state index in [2.05, 4.69) is 14.9 Å². The van der Waals surface area contributed by atoms with Gasteiger partial charge in [0, 0.05) is 12.6 Å². The Labute approximate surface area is 158 Å². The van der Waals surface area contributed by atoms with Crippen molar-refractivity contribution in [1.82, 2.24) is 19.5 Å². The van der Waals surface area contributed by atoms with Gasteiger partial charge < -0.3 is 4.57 Å². The zero-order valence-electron chi connectivity index (χ0n) is 14.8. The molecule has 0 fully saturated rings. The van der Waals surface area contributed by atoms with Gasteiger partial charge in [-0.15, -0.1) is 10.2 Å². The van der Waals surface area contributed by atoms with E-state index in [1.807, 2.05) is 43.3 Å². The lowest BCUT2D eigenvalue weighted by molar-refractivity contribution is 0.505. The average molecular weight is 381 g/mol. The average Bonchev–Trinajstić information content (AvgIpc) is 3.13. The Morgan fingerprint density at radius 3 is 2.52 bits per heavy atom. The maximum atomic E-state index is 12.8. The summed E-state index contributed by atoms with van der Waals surface area (Å²) in [5.41, 5.74) is 1.84. The van der Waals surface area contributed by atoms with E-state index in [-0.39, 0.29) is 10.7 Å². The van der Waals surface area contributed by atoms with E-state index in [4.69, 9.17) is 5.26 Å². The molecule has 1 N–H and O–H groups in total. The maximum absolute atomic E-state index is 12.8. The van der Waals surface area contributed by atoms with Gasteiger partial charge in [-0.25, -0.2) is 13.1 Å². The molecule has 138 valence electrons. The van der Waals surface area contributed by atoms with Crippen LogP contribution in [0.1, 0.15) is 29.4 Å². The van der Waals surface area contributed by atoms with E-state index in [0.717, 1.165) is 11.1 Å². The quantitative estimate of drug-likeness (QED) is 0.678. The van der Waals surface area contributed by atoms with Gasteiger partial charge in [-0.3, -0.25) is 0 Å². The predicted molar refractivity (Wildman–Crippen MR) is 100 cm³/mol. The summed E-state index contributed by atoms with van der Waals surface area (Å²) < 4.78 is 30.0. The first-order valence-corrected chi connectivity index (χ1v) is 9.90. The van der Waals surface area contributed by atoms with Crippen molar-refractivity contribution in [2.24, 2.45) is 0 Å². The highest BCUT2D eigenvalue weighted by Gasteiger charge is 2.21. The monoisotopic (exact) mass is 381 g/mol. The molecule has 0 aliphatic carbocycles. The molecule has 3 rings (SSSR count). The summed E-state index contributed by atoms with van der Waals surface area (Å²) in [6.07, 6.45) is 1.91. The minimum absolute atomic E-state index is 0.197. The van der Waals surface area contributed by atoms with Crippen LogP contribution in [0.5, 0.6) is 0 Å². The Morgan fingerprint density at radius 2 is 1.85 bits per heavy atom. The molecule has 3 aromatic rings. The number of benzene rings is 2. The van der Waals surface area contributed by atoms with Gasteiger partial charge >= 0.3 is 0 Å². The molecular weight excluding hydrogens is 362 g/mol. The third-order valence-corrected chi connectivity index (χ3v) is 5.69. The molecule has 0 aliphatic rings. The Hall–Kier alpha value is -3.02. The van der Waals surface area contributed by atoms with Crippen molar-refractivity contribution in [3.63, 3.8) is 0 Å². The van der Waals surface area contributed by atoms with Crippen LogP contribution < -0.4 is 4.72 Å². The second kappa shape index (κ2) is 8.12. The molecule has 0 saturated carbocycles. The van der Waals surface area contributed by atoms with Gasteiger partial charge in [-0.05, 0) is 31.0 Å². The van der Waals surface area contributed by atoms with Crippen LogP contribution in [0.3, 0.4) is 0 Å². The first-order valence-electron chi connectivity index (χ1n) is 8.41. The number of aromatic nitrogens is 3. The van der Waals surface area contributed by atoms with E-state index in [1.165, 1.54) is 6.33 Å². The van der Waals surface area contributed by atoms with Crippen LogP contribution >= 0.6 is 0 Å². The van der Waals surface area contributed by atoms with Gasteiger partial charge in [-0.1, -0.05) is 48.0 Å². The highest BCUT2D eigenvalue weighted by molar-refractivity contribution is 7.89. The van der Waals surface area contributed by atoms with E-state index >= 15 is 0 Å². The smallest absolute Gasteiger partial charge is 0.241 e. The largest absolute Gasteiger partial charge is 0.305 e. The van der Waals surface area contributed by atoms with Crippen LogP contribution in [0.15, 0.2) is 65.8 Å². The molecule has 2 aromatic carbocycles. The van der Waals surface area contributed by atoms with Crippen molar-refractivity contribution in [2.45, 2.75) is 30.8 Å². The van der Waals surface area contributed by atoms with E-state index < -0.39 is 16.1 Å². The van der Waals surface area contributed by atoms with Crippen LogP contribution in [-0.2, 0) is 16.6 Å². The molecule has 0 saturated heterocycles. The molecule has 8 heteroatoms. The number of aryl methyl sites for hydroxylation is 2.